The van der Waals surface area contributed by atoms with Gasteiger partial charge in [0.25, 0.3) is 5.91 Å². The quantitative estimate of drug-likeness (QED) is 0.714. The molecule has 1 rings (SSSR count). The highest BCUT2D eigenvalue weighted by atomic mass is 79.9. The Morgan fingerprint density at radius 1 is 1.38 bits per heavy atom. The maximum absolute atomic E-state index is 11.6. The van der Waals surface area contributed by atoms with E-state index in [1.807, 2.05) is 25.1 Å². The number of benzene rings is 1. The van der Waals surface area contributed by atoms with Crippen molar-refractivity contribution in [2.24, 2.45) is 5.92 Å². The molecule has 0 aliphatic carbocycles. The van der Waals surface area contributed by atoms with E-state index in [1.54, 1.807) is 0 Å². The van der Waals surface area contributed by atoms with Gasteiger partial charge in [-0.3, -0.25) is 4.79 Å². The molecule has 2 N–H and O–H groups in total. The van der Waals surface area contributed by atoms with Gasteiger partial charge in [-0.05, 0) is 37.1 Å². The van der Waals surface area contributed by atoms with Crippen molar-refractivity contribution in [1.82, 2.24) is 10.6 Å². The van der Waals surface area contributed by atoms with Gasteiger partial charge in [0, 0.05) is 23.1 Å². The van der Waals surface area contributed by atoms with Gasteiger partial charge in [0.1, 0.15) is 5.75 Å². The highest BCUT2D eigenvalue weighted by molar-refractivity contribution is 9.10. The summed E-state index contributed by atoms with van der Waals surface area (Å²) in [6.07, 6.45) is 0.925. The average Bonchev–Trinajstić information content (AvgIpc) is 2.43. The summed E-state index contributed by atoms with van der Waals surface area (Å²) in [5.74, 6) is 1.27. The molecule has 1 aromatic carbocycles. The molecule has 0 saturated heterocycles. The summed E-state index contributed by atoms with van der Waals surface area (Å²) in [6.45, 7) is 8.78. The van der Waals surface area contributed by atoms with E-state index in [4.69, 9.17) is 4.74 Å². The largest absolute Gasteiger partial charge is 0.483 e. The van der Waals surface area contributed by atoms with Crippen LogP contribution in [0, 0.1) is 5.92 Å². The van der Waals surface area contributed by atoms with Crippen molar-refractivity contribution >= 4 is 21.8 Å². The molecule has 118 valence electrons. The number of hydrogen-bond acceptors (Lipinski definition) is 3. The summed E-state index contributed by atoms with van der Waals surface area (Å²) in [6, 6.07) is 5.83. The number of hydrogen-bond donors (Lipinski definition) is 2. The van der Waals surface area contributed by atoms with Gasteiger partial charge in [0.05, 0.1) is 0 Å². The number of amides is 1. The Morgan fingerprint density at radius 2 is 2.14 bits per heavy atom. The second kappa shape index (κ2) is 9.79. The highest BCUT2D eigenvalue weighted by Crippen LogP contribution is 2.23. The van der Waals surface area contributed by atoms with Crippen LogP contribution in [0.25, 0.3) is 0 Å². The van der Waals surface area contributed by atoms with Gasteiger partial charge in [-0.25, -0.2) is 0 Å². The summed E-state index contributed by atoms with van der Waals surface area (Å²) in [5, 5.41) is 6.19. The van der Waals surface area contributed by atoms with Crippen molar-refractivity contribution < 1.29 is 9.53 Å². The zero-order valence-corrected chi connectivity index (χ0v) is 14.6. The molecule has 4 nitrogen and oxygen atoms in total. The third-order valence-corrected chi connectivity index (χ3v) is 3.31. The molecule has 0 bridgehead atoms. The number of carbonyl (C=O) groups excluding carboxylic acids is 1. The minimum Gasteiger partial charge on any atom is -0.483 e. The first-order valence-corrected chi connectivity index (χ1v) is 8.20. The number of nitrogens with one attached hydrogen (secondary N) is 2. The first-order valence-electron chi connectivity index (χ1n) is 7.41. The first-order chi connectivity index (χ1) is 10.0. The fraction of sp³-hybridized carbons (Fsp3) is 0.562. The summed E-state index contributed by atoms with van der Waals surface area (Å²) in [7, 11) is 0. The molecular formula is C16H25BrN2O2. The molecule has 0 aliphatic heterocycles. The Kier molecular flexibility index (Phi) is 8.38. The number of carbonyl (C=O) groups is 1. The molecule has 0 saturated carbocycles. The van der Waals surface area contributed by atoms with Crippen LogP contribution in [0.15, 0.2) is 22.7 Å². The zero-order valence-electron chi connectivity index (χ0n) is 13.0. The van der Waals surface area contributed by atoms with Crippen LogP contribution in [0.1, 0.15) is 32.8 Å². The lowest BCUT2D eigenvalue weighted by molar-refractivity contribution is -0.123. The maximum Gasteiger partial charge on any atom is 0.257 e. The summed E-state index contributed by atoms with van der Waals surface area (Å²) < 4.78 is 6.64. The molecule has 21 heavy (non-hydrogen) atoms. The van der Waals surface area contributed by atoms with Crippen LogP contribution in [0.5, 0.6) is 5.75 Å². The topological polar surface area (TPSA) is 50.4 Å². The Labute approximate surface area is 135 Å². The zero-order chi connectivity index (χ0) is 15.7. The number of ether oxygens (including phenoxy) is 1. The van der Waals surface area contributed by atoms with Crippen LogP contribution in [0.2, 0.25) is 0 Å². The fourth-order valence-electron chi connectivity index (χ4n) is 1.78. The van der Waals surface area contributed by atoms with Crippen molar-refractivity contribution in [1.29, 1.82) is 0 Å². The molecule has 1 aromatic rings. The molecule has 0 radical (unpaired) electrons. The third kappa shape index (κ3) is 7.48. The lowest BCUT2D eigenvalue weighted by Crippen LogP contribution is -2.29. The van der Waals surface area contributed by atoms with E-state index in [1.165, 1.54) is 0 Å². The summed E-state index contributed by atoms with van der Waals surface area (Å²) in [5.41, 5.74) is 1.05. The van der Waals surface area contributed by atoms with Crippen LogP contribution < -0.4 is 15.4 Å². The highest BCUT2D eigenvalue weighted by Gasteiger charge is 2.07. The second-order valence-electron chi connectivity index (χ2n) is 5.42. The van der Waals surface area contributed by atoms with Crippen LogP contribution in [0.3, 0.4) is 0 Å². The van der Waals surface area contributed by atoms with E-state index in [-0.39, 0.29) is 12.5 Å². The molecular weight excluding hydrogens is 332 g/mol. The van der Waals surface area contributed by atoms with Crippen molar-refractivity contribution in [3.63, 3.8) is 0 Å². The van der Waals surface area contributed by atoms with Gasteiger partial charge in [-0.15, -0.1) is 0 Å². The van der Waals surface area contributed by atoms with Crippen LogP contribution in [-0.2, 0) is 11.3 Å². The van der Waals surface area contributed by atoms with Gasteiger partial charge in [0.15, 0.2) is 6.61 Å². The van der Waals surface area contributed by atoms with E-state index in [2.05, 4.69) is 40.4 Å². The van der Waals surface area contributed by atoms with Crippen molar-refractivity contribution in [3.8, 4) is 5.75 Å². The van der Waals surface area contributed by atoms with Crippen molar-refractivity contribution in [2.75, 3.05) is 19.7 Å². The lowest BCUT2D eigenvalue weighted by atomic mass is 10.2. The van der Waals surface area contributed by atoms with Gasteiger partial charge in [0.2, 0.25) is 0 Å². The van der Waals surface area contributed by atoms with E-state index in [9.17, 15) is 4.79 Å². The Morgan fingerprint density at radius 3 is 2.81 bits per heavy atom. The van der Waals surface area contributed by atoms with Crippen molar-refractivity contribution in [3.05, 3.63) is 28.2 Å². The monoisotopic (exact) mass is 356 g/mol. The molecule has 0 aromatic heterocycles. The van der Waals surface area contributed by atoms with Crippen LogP contribution in [0.4, 0.5) is 0 Å². The predicted octanol–water partition coefficient (Wildman–Crippen LogP) is 3.10. The predicted molar refractivity (Wildman–Crippen MR) is 89.5 cm³/mol. The van der Waals surface area contributed by atoms with E-state index < -0.39 is 0 Å². The van der Waals surface area contributed by atoms with Gasteiger partial charge < -0.3 is 15.4 Å². The standard InChI is InChI=1S/C16H25BrN2O2/c1-4-7-19-16(20)11-21-15-6-5-14(17)8-13(15)10-18-9-12(2)3/h5-6,8,12,18H,4,7,9-11H2,1-3H3,(H,19,20). The molecule has 0 unspecified atom stereocenters. The fourth-order valence-corrected chi connectivity index (χ4v) is 2.19. The van der Waals surface area contributed by atoms with Gasteiger partial charge in [-0.2, -0.15) is 0 Å². The molecule has 0 fully saturated rings. The maximum atomic E-state index is 11.6. The lowest BCUT2D eigenvalue weighted by Gasteiger charge is -2.13. The van der Waals surface area contributed by atoms with Crippen molar-refractivity contribution in [2.45, 2.75) is 33.7 Å². The summed E-state index contributed by atoms with van der Waals surface area (Å²) in [4.78, 5) is 11.6. The average molecular weight is 357 g/mol. The SMILES string of the molecule is CCCNC(=O)COc1ccc(Br)cc1CNCC(C)C. The minimum atomic E-state index is -0.0825. The number of halogens is 1. The summed E-state index contributed by atoms with van der Waals surface area (Å²) >= 11 is 3.47. The van der Waals surface area contributed by atoms with Crippen LogP contribution in [-0.4, -0.2) is 25.6 Å². The molecule has 0 spiro atoms. The Balaban J connectivity index is 2.57. The minimum absolute atomic E-state index is 0.0544. The molecule has 0 atom stereocenters. The first kappa shape index (κ1) is 18.0. The van der Waals surface area contributed by atoms with Gasteiger partial charge >= 0.3 is 0 Å². The normalized spacial score (nSPS) is 10.7. The molecule has 1 amide bonds. The van der Waals surface area contributed by atoms with E-state index >= 15 is 0 Å². The Bertz CT molecular complexity index is 450. The second-order valence-corrected chi connectivity index (χ2v) is 6.33. The smallest absolute Gasteiger partial charge is 0.257 e. The molecule has 0 aliphatic rings. The van der Waals surface area contributed by atoms with Gasteiger partial charge in [-0.1, -0.05) is 36.7 Å². The van der Waals surface area contributed by atoms with E-state index in [0.29, 0.717) is 12.5 Å². The molecule has 0 heterocycles. The van der Waals surface area contributed by atoms with Crippen LogP contribution >= 0.6 is 15.9 Å². The Hall–Kier alpha value is -1.07. The van der Waals surface area contributed by atoms with E-state index in [0.717, 1.165) is 35.3 Å². The molecule has 5 heteroatoms. The number of rotatable bonds is 9. The third-order valence-electron chi connectivity index (χ3n) is 2.82.